The quantitative estimate of drug-likeness (QED) is 0.856. The number of methoxy groups -OCH3 is 1. The van der Waals surface area contributed by atoms with Crippen molar-refractivity contribution in [3.05, 3.63) is 30.0 Å². The lowest BCUT2D eigenvalue weighted by Gasteiger charge is -2.11. The summed E-state index contributed by atoms with van der Waals surface area (Å²) in [4.78, 5) is 8.73. The average Bonchev–Trinajstić information content (AvgIpc) is 2.91. The van der Waals surface area contributed by atoms with Gasteiger partial charge in [0.15, 0.2) is 0 Å². The molecule has 0 saturated carbocycles. The van der Waals surface area contributed by atoms with Crippen molar-refractivity contribution in [3.8, 4) is 5.88 Å². The number of ether oxygens (including phenoxy) is 1. The van der Waals surface area contributed by atoms with E-state index in [1.54, 1.807) is 13.3 Å². The van der Waals surface area contributed by atoms with Gasteiger partial charge in [-0.1, -0.05) is 6.07 Å². The number of aromatic nitrogens is 2. The minimum Gasteiger partial charge on any atom is -0.480 e. The van der Waals surface area contributed by atoms with Crippen molar-refractivity contribution in [2.75, 3.05) is 13.7 Å². The molecule has 4 heteroatoms. The maximum atomic E-state index is 5.07. The van der Waals surface area contributed by atoms with E-state index in [0.717, 1.165) is 17.6 Å². The lowest BCUT2D eigenvalue weighted by atomic mass is 10.0. The number of nitrogens with zero attached hydrogens (tertiary/aromatic N) is 2. The molecular weight excluding hydrogens is 214 g/mol. The summed E-state index contributed by atoms with van der Waals surface area (Å²) in [6, 6.07) is 6.73. The summed E-state index contributed by atoms with van der Waals surface area (Å²) in [5.41, 5.74) is 3.11. The van der Waals surface area contributed by atoms with Crippen molar-refractivity contribution in [2.24, 2.45) is 0 Å². The van der Waals surface area contributed by atoms with E-state index in [-0.39, 0.29) is 0 Å². The molecule has 3 rings (SSSR count). The van der Waals surface area contributed by atoms with Crippen molar-refractivity contribution < 1.29 is 4.74 Å². The molecular formula is C13H15N3O. The van der Waals surface area contributed by atoms with Crippen molar-refractivity contribution in [2.45, 2.75) is 18.9 Å². The number of hydrogen-bond acceptors (Lipinski definition) is 4. The fraction of sp³-hybridized carbons (Fsp3) is 0.385. The van der Waals surface area contributed by atoms with Crippen LogP contribution < -0.4 is 10.1 Å². The topological polar surface area (TPSA) is 47.0 Å². The maximum Gasteiger partial charge on any atom is 0.232 e. The van der Waals surface area contributed by atoms with Gasteiger partial charge in [0.25, 0.3) is 0 Å². The Morgan fingerprint density at radius 1 is 1.35 bits per heavy atom. The van der Waals surface area contributed by atoms with Gasteiger partial charge >= 0.3 is 0 Å². The second-order valence-electron chi connectivity index (χ2n) is 4.31. The van der Waals surface area contributed by atoms with Crippen molar-refractivity contribution in [1.82, 2.24) is 15.3 Å². The summed E-state index contributed by atoms with van der Waals surface area (Å²) in [6.45, 7) is 1.11. The highest BCUT2D eigenvalue weighted by atomic mass is 16.5. The molecule has 1 N–H and O–H groups in total. The van der Waals surface area contributed by atoms with Crippen LogP contribution in [0.4, 0.5) is 0 Å². The lowest BCUT2D eigenvalue weighted by Crippen LogP contribution is -2.12. The Balaban J connectivity index is 2.01. The van der Waals surface area contributed by atoms with Crippen LogP contribution in [0.25, 0.3) is 11.0 Å². The van der Waals surface area contributed by atoms with Gasteiger partial charge in [0.1, 0.15) is 0 Å². The van der Waals surface area contributed by atoms with E-state index >= 15 is 0 Å². The van der Waals surface area contributed by atoms with Crippen LogP contribution in [0.1, 0.15) is 24.4 Å². The molecule has 0 bridgehead atoms. The Morgan fingerprint density at radius 3 is 3.06 bits per heavy atom. The minimum atomic E-state index is 0.475. The Hall–Kier alpha value is -1.68. The first-order valence-corrected chi connectivity index (χ1v) is 5.91. The Morgan fingerprint density at radius 2 is 2.29 bits per heavy atom. The third-order valence-corrected chi connectivity index (χ3v) is 3.22. The Labute approximate surface area is 100 Å². The lowest BCUT2D eigenvalue weighted by molar-refractivity contribution is 0.397. The van der Waals surface area contributed by atoms with Gasteiger partial charge in [-0.25, -0.2) is 9.97 Å². The molecule has 1 atom stereocenters. The zero-order chi connectivity index (χ0) is 11.7. The minimum absolute atomic E-state index is 0.475. The number of rotatable bonds is 2. The molecule has 2 aromatic rings. The van der Waals surface area contributed by atoms with E-state index < -0.39 is 0 Å². The van der Waals surface area contributed by atoms with E-state index in [1.807, 2.05) is 6.07 Å². The van der Waals surface area contributed by atoms with Crippen LogP contribution in [0.15, 0.2) is 24.4 Å². The zero-order valence-corrected chi connectivity index (χ0v) is 9.81. The van der Waals surface area contributed by atoms with E-state index in [1.165, 1.54) is 18.4 Å². The summed E-state index contributed by atoms with van der Waals surface area (Å²) in [5, 5.41) is 3.49. The summed E-state index contributed by atoms with van der Waals surface area (Å²) in [7, 11) is 1.60. The van der Waals surface area contributed by atoms with E-state index in [9.17, 15) is 0 Å². The predicted octanol–water partition coefficient (Wildman–Crippen LogP) is 2.06. The first kappa shape index (κ1) is 10.5. The number of benzene rings is 1. The molecule has 0 spiro atoms. The first-order chi connectivity index (χ1) is 8.36. The van der Waals surface area contributed by atoms with Gasteiger partial charge in [-0.15, -0.1) is 0 Å². The fourth-order valence-corrected chi connectivity index (χ4v) is 2.29. The van der Waals surface area contributed by atoms with Gasteiger partial charge in [-0.3, -0.25) is 0 Å². The van der Waals surface area contributed by atoms with Gasteiger partial charge in [0.2, 0.25) is 5.88 Å². The van der Waals surface area contributed by atoms with Gasteiger partial charge < -0.3 is 10.1 Å². The van der Waals surface area contributed by atoms with Crippen LogP contribution in [0, 0.1) is 0 Å². The second-order valence-corrected chi connectivity index (χ2v) is 4.31. The zero-order valence-electron chi connectivity index (χ0n) is 9.81. The standard InChI is InChI=1S/C13H15N3O/c1-17-13-8-15-12-7-9(4-5-11(12)16-13)10-3-2-6-14-10/h4-5,7-8,10,14H,2-3,6H2,1H3. The van der Waals surface area contributed by atoms with Gasteiger partial charge in [0, 0.05) is 6.04 Å². The number of hydrogen-bond donors (Lipinski definition) is 1. The molecule has 1 unspecified atom stereocenters. The predicted molar refractivity (Wildman–Crippen MR) is 66.1 cm³/mol. The fourth-order valence-electron chi connectivity index (χ4n) is 2.29. The van der Waals surface area contributed by atoms with E-state index in [4.69, 9.17) is 4.74 Å². The van der Waals surface area contributed by atoms with Crippen LogP contribution >= 0.6 is 0 Å². The average molecular weight is 229 g/mol. The maximum absolute atomic E-state index is 5.07. The SMILES string of the molecule is COc1cnc2cc(C3CCCN3)ccc2n1. The number of nitrogens with one attached hydrogen (secondary N) is 1. The monoisotopic (exact) mass is 229 g/mol. The third kappa shape index (κ3) is 1.96. The van der Waals surface area contributed by atoms with Crippen LogP contribution in [0.2, 0.25) is 0 Å². The smallest absolute Gasteiger partial charge is 0.232 e. The molecule has 1 saturated heterocycles. The van der Waals surface area contributed by atoms with Crippen molar-refractivity contribution >= 4 is 11.0 Å². The summed E-state index contributed by atoms with van der Waals surface area (Å²) in [6.07, 6.45) is 4.11. The van der Waals surface area contributed by atoms with Crippen LogP contribution in [-0.2, 0) is 0 Å². The summed E-state index contributed by atoms with van der Waals surface area (Å²) in [5.74, 6) is 0.559. The van der Waals surface area contributed by atoms with Gasteiger partial charge in [0.05, 0.1) is 24.3 Å². The summed E-state index contributed by atoms with van der Waals surface area (Å²) >= 11 is 0. The molecule has 0 aliphatic carbocycles. The van der Waals surface area contributed by atoms with Gasteiger partial charge in [-0.2, -0.15) is 0 Å². The highest BCUT2D eigenvalue weighted by Crippen LogP contribution is 2.25. The molecule has 1 fully saturated rings. The Bertz CT molecular complexity index is 535. The number of fused-ring (bicyclic) bond motifs is 1. The normalized spacial score (nSPS) is 19.7. The molecule has 0 radical (unpaired) electrons. The van der Waals surface area contributed by atoms with Crippen LogP contribution in [-0.4, -0.2) is 23.6 Å². The highest BCUT2D eigenvalue weighted by Gasteiger charge is 2.16. The molecule has 1 aromatic carbocycles. The molecule has 1 aromatic heterocycles. The van der Waals surface area contributed by atoms with E-state index in [2.05, 4.69) is 27.4 Å². The molecule has 4 nitrogen and oxygen atoms in total. The van der Waals surface area contributed by atoms with Crippen molar-refractivity contribution in [1.29, 1.82) is 0 Å². The first-order valence-electron chi connectivity index (χ1n) is 5.91. The van der Waals surface area contributed by atoms with E-state index in [0.29, 0.717) is 11.9 Å². The molecule has 1 aliphatic heterocycles. The second kappa shape index (κ2) is 4.30. The molecule has 17 heavy (non-hydrogen) atoms. The van der Waals surface area contributed by atoms with Crippen LogP contribution in [0.3, 0.4) is 0 Å². The van der Waals surface area contributed by atoms with Crippen LogP contribution in [0.5, 0.6) is 5.88 Å². The van der Waals surface area contributed by atoms with Crippen molar-refractivity contribution in [3.63, 3.8) is 0 Å². The highest BCUT2D eigenvalue weighted by molar-refractivity contribution is 5.75. The molecule has 2 heterocycles. The molecule has 0 amide bonds. The Kier molecular flexibility index (Phi) is 2.65. The third-order valence-electron chi connectivity index (χ3n) is 3.22. The largest absolute Gasteiger partial charge is 0.480 e. The van der Waals surface area contributed by atoms with Gasteiger partial charge in [-0.05, 0) is 37.1 Å². The molecule has 1 aliphatic rings. The molecule has 88 valence electrons. The summed E-state index contributed by atoms with van der Waals surface area (Å²) < 4.78 is 5.07.